The van der Waals surface area contributed by atoms with E-state index in [-0.39, 0.29) is 22.7 Å². The summed E-state index contributed by atoms with van der Waals surface area (Å²) >= 11 is 0. The van der Waals surface area contributed by atoms with Gasteiger partial charge in [0, 0.05) is 22.7 Å². The highest BCUT2D eigenvalue weighted by atomic mass is 19.2. The van der Waals surface area contributed by atoms with Crippen molar-refractivity contribution in [1.29, 1.82) is 0 Å². The van der Waals surface area contributed by atoms with Crippen molar-refractivity contribution in [3.63, 3.8) is 0 Å². The Kier molecular flexibility index (Phi) is 14.8. The number of hydrogen-bond acceptors (Lipinski definition) is 2. The van der Waals surface area contributed by atoms with Gasteiger partial charge in [0.15, 0.2) is 46.5 Å². The Bertz CT molecular complexity index is 4740. The molecule has 0 radical (unpaired) electrons. The molecule has 2 unspecified atom stereocenters. The molecule has 94 heavy (non-hydrogen) atoms. The Morgan fingerprint density at radius 2 is 0.596 bits per heavy atom. The van der Waals surface area contributed by atoms with Gasteiger partial charge in [-0.2, -0.15) is 0 Å². The number of anilines is 6. The van der Waals surface area contributed by atoms with E-state index < -0.39 is 80.4 Å². The van der Waals surface area contributed by atoms with E-state index in [2.05, 4.69) is 25.3 Å². The molecule has 0 saturated carbocycles. The minimum absolute atomic E-state index is 0.0171. The number of fused-ring (bicyclic) bond motifs is 6. The van der Waals surface area contributed by atoms with Crippen molar-refractivity contribution in [2.75, 3.05) is 9.80 Å². The topological polar surface area (TPSA) is 6.48 Å². The fourth-order valence-electron chi connectivity index (χ4n) is 14.3. The lowest BCUT2D eigenvalue weighted by Crippen LogP contribution is -2.30. The number of hydrogen-bond donors (Lipinski definition) is 0. The van der Waals surface area contributed by atoms with Crippen LogP contribution in [0.2, 0.25) is 0 Å². The van der Waals surface area contributed by atoms with Gasteiger partial charge in [-0.3, -0.25) is 0 Å². The summed E-state index contributed by atoms with van der Waals surface area (Å²) in [6.45, 7) is 15.9. The summed E-state index contributed by atoms with van der Waals surface area (Å²) in [7, 11) is 0. The fourth-order valence-corrected chi connectivity index (χ4v) is 14.3. The normalized spacial score (nSPS) is 15.1. The smallest absolute Gasteiger partial charge is 0.200 e. The first-order chi connectivity index (χ1) is 45.3. The quantitative estimate of drug-likeness (QED) is 0.0645. The Labute approximate surface area is 536 Å². The van der Waals surface area contributed by atoms with Crippen LogP contribution in [0.3, 0.4) is 0 Å². The molecule has 2 aliphatic rings. The first-order valence-corrected chi connectivity index (χ1v) is 30.3. The first kappa shape index (κ1) is 60.6. The van der Waals surface area contributed by atoms with Crippen LogP contribution in [0.4, 0.5) is 78.0 Å². The van der Waals surface area contributed by atoms with E-state index in [0.29, 0.717) is 22.3 Å². The second kappa shape index (κ2) is 23.0. The SMILES string of the molecule is C=Cc1ccc(C2(c3cc(C)ccc3C)c3ccccc3-c3ccc(N(c4ccc(-c5ccc(N(c6ccc7c(c6)C(c6ccc(C=C)cc6)(c6cc(C)ccc6C)c6ccccc6-7)c6c(F)c(F)c(F)c(F)c6F)cc5)cc4)c4c(F)c(F)c(F)c(F)c4F)cc32)cc1. The van der Waals surface area contributed by atoms with E-state index in [1.54, 1.807) is 72.8 Å². The highest BCUT2D eigenvalue weighted by molar-refractivity contribution is 5.93. The third kappa shape index (κ3) is 9.08. The molecule has 0 amide bonds. The Morgan fingerprint density at radius 3 is 0.936 bits per heavy atom. The zero-order chi connectivity index (χ0) is 65.8. The molecular formula is C82H54F10N2. The third-order valence-electron chi connectivity index (χ3n) is 18.7. The summed E-state index contributed by atoms with van der Waals surface area (Å²) < 4.78 is 159. The van der Waals surface area contributed by atoms with E-state index in [9.17, 15) is 0 Å². The molecule has 2 aliphatic carbocycles. The molecule has 462 valence electrons. The van der Waals surface area contributed by atoms with Crippen molar-refractivity contribution < 1.29 is 43.9 Å². The molecule has 0 aliphatic heterocycles. The van der Waals surface area contributed by atoms with Crippen molar-refractivity contribution >= 4 is 46.3 Å². The molecule has 2 atom stereocenters. The van der Waals surface area contributed by atoms with Gasteiger partial charge in [-0.1, -0.05) is 206 Å². The standard InChI is InChI=1S/C82H54F10N2/c1-7-49-21-29-53(30-22-49)81(65-41-45(3)17-19-47(65)5)63-15-11-9-13-59(63)61-39-37-57(43-67(61)81)93(79-75(89)71(85)69(83)72(86)76(79)90)55-33-25-51(26-34-55)52-27-35-56(36-28-52)94(80-77(91)73(87)70(84)74(88)78(80)92)58-38-40-62-60-14-10-12-16-64(60)82(68(62)44-58,54-31-23-50(8-2)24-32-54)66-42-46(4)18-20-48(66)6/h7-44H,1-2H2,3-6H3. The third-order valence-corrected chi connectivity index (χ3v) is 18.7. The maximum atomic E-state index is 16.7. The number of nitrogens with zero attached hydrogens (tertiary/aromatic N) is 2. The molecule has 0 N–H and O–H groups in total. The van der Waals surface area contributed by atoms with E-state index >= 15 is 43.9 Å². The largest absolute Gasteiger partial charge is 0.305 e. The van der Waals surface area contributed by atoms with Crippen LogP contribution in [0.1, 0.15) is 77.9 Å². The molecule has 0 spiro atoms. The zero-order valence-electron chi connectivity index (χ0n) is 51.0. The molecule has 0 bridgehead atoms. The van der Waals surface area contributed by atoms with E-state index in [1.165, 1.54) is 24.3 Å². The number of benzene rings is 12. The van der Waals surface area contributed by atoms with Gasteiger partial charge in [0.05, 0.1) is 10.8 Å². The highest BCUT2D eigenvalue weighted by Gasteiger charge is 2.49. The molecule has 12 aromatic carbocycles. The predicted molar refractivity (Wildman–Crippen MR) is 355 cm³/mol. The van der Waals surface area contributed by atoms with Crippen LogP contribution in [0.15, 0.2) is 232 Å². The monoisotopic (exact) mass is 1260 g/mol. The molecule has 2 nitrogen and oxygen atoms in total. The Morgan fingerprint density at radius 1 is 0.287 bits per heavy atom. The van der Waals surface area contributed by atoms with Gasteiger partial charge in [0.2, 0.25) is 11.6 Å². The summed E-state index contributed by atoms with van der Waals surface area (Å²) in [6, 6.07) is 65.8. The molecule has 0 aromatic heterocycles. The van der Waals surface area contributed by atoms with Crippen LogP contribution in [-0.4, -0.2) is 0 Å². The summed E-state index contributed by atoms with van der Waals surface area (Å²) in [5.41, 5.74) is 11.6. The summed E-state index contributed by atoms with van der Waals surface area (Å²) in [5.74, 6) is -21.6. The van der Waals surface area contributed by atoms with Crippen molar-refractivity contribution in [1.82, 2.24) is 0 Å². The second-order valence-corrected chi connectivity index (χ2v) is 23.9. The summed E-state index contributed by atoms with van der Waals surface area (Å²) in [6.07, 6.45) is 3.45. The van der Waals surface area contributed by atoms with E-state index in [1.807, 2.05) is 149 Å². The molecular weight excluding hydrogens is 1200 g/mol. The van der Waals surface area contributed by atoms with Crippen LogP contribution in [0.25, 0.3) is 45.5 Å². The molecule has 12 aromatic rings. The van der Waals surface area contributed by atoms with E-state index in [0.717, 1.165) is 98.8 Å². The maximum absolute atomic E-state index is 16.7. The van der Waals surface area contributed by atoms with Crippen LogP contribution in [0.5, 0.6) is 0 Å². The van der Waals surface area contributed by atoms with Gasteiger partial charge in [0.25, 0.3) is 0 Å². The predicted octanol–water partition coefficient (Wildman–Crippen LogP) is 22.9. The van der Waals surface area contributed by atoms with Crippen LogP contribution in [-0.2, 0) is 10.8 Å². The van der Waals surface area contributed by atoms with Crippen molar-refractivity contribution in [2.24, 2.45) is 0 Å². The van der Waals surface area contributed by atoms with Crippen LogP contribution in [0, 0.1) is 85.9 Å². The van der Waals surface area contributed by atoms with Gasteiger partial charge >= 0.3 is 0 Å². The molecule has 0 fully saturated rings. The van der Waals surface area contributed by atoms with E-state index in [4.69, 9.17) is 0 Å². The summed E-state index contributed by atoms with van der Waals surface area (Å²) in [5, 5.41) is 0. The maximum Gasteiger partial charge on any atom is 0.200 e. The Hall–Kier alpha value is -11.0. The highest BCUT2D eigenvalue weighted by Crippen LogP contribution is 2.61. The van der Waals surface area contributed by atoms with Gasteiger partial charge in [0.1, 0.15) is 11.4 Å². The van der Waals surface area contributed by atoms with Gasteiger partial charge in [-0.25, -0.2) is 43.9 Å². The van der Waals surface area contributed by atoms with Crippen LogP contribution >= 0.6 is 0 Å². The van der Waals surface area contributed by atoms with Crippen molar-refractivity contribution in [2.45, 2.75) is 38.5 Å². The molecule has 0 saturated heterocycles. The lowest BCUT2D eigenvalue weighted by molar-refractivity contribution is 0.380. The minimum atomic E-state index is -2.33. The van der Waals surface area contributed by atoms with Crippen molar-refractivity contribution in [3.05, 3.63) is 368 Å². The van der Waals surface area contributed by atoms with Crippen molar-refractivity contribution in [3.8, 4) is 33.4 Å². The Balaban J connectivity index is 0.922. The van der Waals surface area contributed by atoms with Gasteiger partial charge in [-0.15, -0.1) is 0 Å². The second-order valence-electron chi connectivity index (χ2n) is 23.9. The average molecular weight is 1260 g/mol. The lowest BCUT2D eigenvalue weighted by Gasteiger charge is -2.36. The zero-order valence-corrected chi connectivity index (χ0v) is 51.0. The molecule has 14 rings (SSSR count). The summed E-state index contributed by atoms with van der Waals surface area (Å²) in [4.78, 5) is 1.98. The molecule has 12 heteroatoms. The number of halogens is 10. The van der Waals surface area contributed by atoms with Crippen LogP contribution < -0.4 is 9.80 Å². The number of rotatable bonds is 13. The minimum Gasteiger partial charge on any atom is -0.305 e. The number of aryl methyl sites for hydroxylation is 4. The van der Waals surface area contributed by atoms with Gasteiger partial charge < -0.3 is 9.80 Å². The first-order valence-electron chi connectivity index (χ1n) is 30.3. The fraction of sp³-hybridized carbons (Fsp3) is 0.0732. The molecule has 0 heterocycles. The van der Waals surface area contributed by atoms with Gasteiger partial charge in [-0.05, 0) is 176 Å². The lowest BCUT2D eigenvalue weighted by atomic mass is 9.66. The average Bonchev–Trinajstić information content (AvgIpc) is 1.48.